The van der Waals surface area contributed by atoms with Gasteiger partial charge in [0, 0.05) is 26.2 Å². The predicted octanol–water partition coefficient (Wildman–Crippen LogP) is 2.62. The maximum absolute atomic E-state index is 12.1. The summed E-state index contributed by atoms with van der Waals surface area (Å²) in [6.07, 6.45) is 1.11. The summed E-state index contributed by atoms with van der Waals surface area (Å²) in [4.78, 5) is 14.5. The molecule has 32 heavy (non-hydrogen) atoms. The minimum Gasteiger partial charge on any atom is -0.493 e. The lowest BCUT2D eigenvalue weighted by Crippen LogP contribution is -2.37. The molecule has 0 unspecified atom stereocenters. The van der Waals surface area contributed by atoms with Crippen LogP contribution in [0.4, 0.5) is 0 Å². The van der Waals surface area contributed by atoms with Crippen LogP contribution < -0.4 is 20.1 Å². The normalized spacial score (nSPS) is 13.8. The summed E-state index contributed by atoms with van der Waals surface area (Å²) in [7, 11) is 1.61. The van der Waals surface area contributed by atoms with E-state index in [4.69, 9.17) is 14.2 Å². The Bertz CT molecular complexity index is 801. The third-order valence-electron chi connectivity index (χ3n) is 5.18. The SMILES string of the molecule is COc1cc(CNCCCN2CCOCC2)ccc1OCC(=O)NCc1ccccc1.Cl. The predicted molar refractivity (Wildman–Crippen MR) is 128 cm³/mol. The van der Waals surface area contributed by atoms with Crippen LogP contribution in [0.1, 0.15) is 17.5 Å². The number of halogens is 1. The molecular weight excluding hydrogens is 430 g/mol. The number of amides is 1. The fourth-order valence-electron chi connectivity index (χ4n) is 3.42. The Labute approximate surface area is 196 Å². The van der Waals surface area contributed by atoms with Crippen LogP contribution >= 0.6 is 12.4 Å². The molecule has 0 radical (unpaired) electrons. The summed E-state index contributed by atoms with van der Waals surface area (Å²) in [5, 5.41) is 6.33. The Morgan fingerprint density at radius 2 is 1.81 bits per heavy atom. The summed E-state index contributed by atoms with van der Waals surface area (Å²) < 4.78 is 16.5. The molecule has 1 saturated heterocycles. The molecule has 0 atom stereocenters. The Kier molecular flexibility index (Phi) is 11.9. The minimum absolute atomic E-state index is 0. The van der Waals surface area contributed by atoms with Gasteiger partial charge in [0.05, 0.1) is 20.3 Å². The third kappa shape index (κ3) is 9.04. The van der Waals surface area contributed by atoms with Gasteiger partial charge in [-0.15, -0.1) is 12.4 Å². The maximum Gasteiger partial charge on any atom is 0.258 e. The highest BCUT2D eigenvalue weighted by Gasteiger charge is 2.10. The van der Waals surface area contributed by atoms with Gasteiger partial charge in [-0.1, -0.05) is 36.4 Å². The molecule has 0 saturated carbocycles. The fraction of sp³-hybridized carbons (Fsp3) is 0.458. The number of morpholine rings is 1. The zero-order valence-electron chi connectivity index (χ0n) is 18.7. The first kappa shape index (κ1) is 25.9. The minimum atomic E-state index is -0.170. The van der Waals surface area contributed by atoms with E-state index in [-0.39, 0.29) is 24.9 Å². The number of nitrogens with one attached hydrogen (secondary N) is 2. The molecule has 176 valence electrons. The lowest BCUT2D eigenvalue weighted by molar-refractivity contribution is -0.123. The van der Waals surface area contributed by atoms with Crippen LogP contribution in [0.15, 0.2) is 48.5 Å². The Balaban J connectivity index is 0.00000363. The van der Waals surface area contributed by atoms with Gasteiger partial charge < -0.3 is 24.8 Å². The van der Waals surface area contributed by atoms with Crippen LogP contribution in [-0.4, -0.2) is 63.9 Å². The molecule has 0 bridgehead atoms. The molecular formula is C24H34ClN3O4. The maximum atomic E-state index is 12.1. The topological polar surface area (TPSA) is 72.1 Å². The molecule has 2 aromatic carbocycles. The molecule has 0 spiro atoms. The molecule has 3 rings (SSSR count). The molecule has 1 aliphatic rings. The second-order valence-electron chi connectivity index (χ2n) is 7.52. The van der Waals surface area contributed by atoms with Crippen molar-refractivity contribution in [3.05, 3.63) is 59.7 Å². The number of nitrogens with zero attached hydrogens (tertiary/aromatic N) is 1. The molecule has 1 aliphatic heterocycles. The lowest BCUT2D eigenvalue weighted by atomic mass is 10.2. The van der Waals surface area contributed by atoms with Crippen LogP contribution in [0.3, 0.4) is 0 Å². The number of carbonyl (C=O) groups is 1. The number of rotatable bonds is 12. The van der Waals surface area contributed by atoms with E-state index >= 15 is 0 Å². The Morgan fingerprint density at radius 3 is 2.56 bits per heavy atom. The van der Waals surface area contributed by atoms with Gasteiger partial charge in [0.2, 0.25) is 0 Å². The smallest absolute Gasteiger partial charge is 0.258 e. The van der Waals surface area contributed by atoms with Crippen molar-refractivity contribution in [3.63, 3.8) is 0 Å². The number of methoxy groups -OCH3 is 1. The largest absolute Gasteiger partial charge is 0.493 e. The summed E-state index contributed by atoms with van der Waals surface area (Å²) >= 11 is 0. The van der Waals surface area contributed by atoms with Crippen molar-refractivity contribution in [2.45, 2.75) is 19.5 Å². The van der Waals surface area contributed by atoms with Crippen LogP contribution in [-0.2, 0) is 22.6 Å². The van der Waals surface area contributed by atoms with E-state index in [0.29, 0.717) is 18.0 Å². The van der Waals surface area contributed by atoms with Gasteiger partial charge >= 0.3 is 0 Å². The fourth-order valence-corrected chi connectivity index (χ4v) is 3.42. The van der Waals surface area contributed by atoms with Crippen molar-refractivity contribution < 1.29 is 19.0 Å². The Morgan fingerprint density at radius 1 is 1.03 bits per heavy atom. The number of hydrogen-bond donors (Lipinski definition) is 2. The van der Waals surface area contributed by atoms with E-state index in [1.165, 1.54) is 0 Å². The van der Waals surface area contributed by atoms with Crippen LogP contribution in [0.2, 0.25) is 0 Å². The van der Waals surface area contributed by atoms with Crippen molar-refractivity contribution in [2.75, 3.05) is 53.1 Å². The first-order chi connectivity index (χ1) is 15.2. The number of hydrogen-bond acceptors (Lipinski definition) is 6. The number of ether oxygens (including phenoxy) is 3. The van der Waals surface area contributed by atoms with Crippen molar-refractivity contribution in [1.82, 2.24) is 15.5 Å². The molecule has 0 aliphatic carbocycles. The molecule has 8 heteroatoms. The number of carbonyl (C=O) groups excluding carboxylic acids is 1. The van der Waals surface area contributed by atoms with Crippen molar-refractivity contribution >= 4 is 18.3 Å². The average molecular weight is 464 g/mol. The Hall–Kier alpha value is -2.32. The van der Waals surface area contributed by atoms with E-state index in [9.17, 15) is 4.79 Å². The molecule has 1 amide bonds. The van der Waals surface area contributed by atoms with E-state index < -0.39 is 0 Å². The summed E-state index contributed by atoms with van der Waals surface area (Å²) in [5.74, 6) is 1.02. The van der Waals surface area contributed by atoms with Crippen LogP contribution in [0.5, 0.6) is 11.5 Å². The standard InChI is InChI=1S/C24H33N3O4.ClH/c1-29-23-16-21(17-25-10-5-11-27-12-14-30-15-13-27)8-9-22(23)31-19-24(28)26-18-20-6-3-2-4-7-20;/h2-4,6-9,16,25H,5,10-15,17-19H2,1H3,(H,26,28);1H. The van der Waals surface area contributed by atoms with Gasteiger partial charge in [0.1, 0.15) is 0 Å². The zero-order valence-corrected chi connectivity index (χ0v) is 19.5. The van der Waals surface area contributed by atoms with Crippen LogP contribution in [0, 0.1) is 0 Å². The van der Waals surface area contributed by atoms with Gasteiger partial charge in [-0.25, -0.2) is 0 Å². The van der Waals surface area contributed by atoms with Gasteiger partial charge in [-0.2, -0.15) is 0 Å². The molecule has 0 aromatic heterocycles. The summed E-state index contributed by atoms with van der Waals surface area (Å²) in [5.41, 5.74) is 2.17. The molecule has 1 fully saturated rings. The van der Waals surface area contributed by atoms with Crippen LogP contribution in [0.25, 0.3) is 0 Å². The van der Waals surface area contributed by atoms with E-state index in [1.807, 2.05) is 48.5 Å². The highest BCUT2D eigenvalue weighted by atomic mass is 35.5. The highest BCUT2D eigenvalue weighted by Crippen LogP contribution is 2.28. The van der Waals surface area contributed by atoms with E-state index in [0.717, 1.165) is 63.5 Å². The first-order valence-electron chi connectivity index (χ1n) is 10.9. The van der Waals surface area contributed by atoms with E-state index in [2.05, 4.69) is 15.5 Å². The molecule has 7 nitrogen and oxygen atoms in total. The van der Waals surface area contributed by atoms with Gasteiger partial charge in [0.15, 0.2) is 18.1 Å². The first-order valence-corrected chi connectivity index (χ1v) is 10.9. The second-order valence-corrected chi connectivity index (χ2v) is 7.52. The molecule has 1 heterocycles. The van der Waals surface area contributed by atoms with Crippen molar-refractivity contribution in [3.8, 4) is 11.5 Å². The summed E-state index contributed by atoms with van der Waals surface area (Å²) in [6, 6.07) is 15.6. The average Bonchev–Trinajstić information content (AvgIpc) is 2.82. The molecule has 2 aromatic rings. The monoisotopic (exact) mass is 463 g/mol. The summed E-state index contributed by atoms with van der Waals surface area (Å²) in [6.45, 7) is 6.99. The van der Waals surface area contributed by atoms with Crippen molar-refractivity contribution in [2.24, 2.45) is 0 Å². The quantitative estimate of drug-likeness (QED) is 0.471. The van der Waals surface area contributed by atoms with Gasteiger partial charge in [-0.05, 0) is 42.8 Å². The zero-order chi connectivity index (χ0) is 21.7. The van der Waals surface area contributed by atoms with E-state index in [1.54, 1.807) is 7.11 Å². The van der Waals surface area contributed by atoms with Crippen molar-refractivity contribution in [1.29, 1.82) is 0 Å². The lowest BCUT2D eigenvalue weighted by Gasteiger charge is -2.26. The molecule has 2 N–H and O–H groups in total. The third-order valence-corrected chi connectivity index (χ3v) is 5.18. The second kappa shape index (κ2) is 14.7. The highest BCUT2D eigenvalue weighted by molar-refractivity contribution is 5.85. The van der Waals surface area contributed by atoms with Gasteiger partial charge in [-0.3, -0.25) is 9.69 Å². The number of benzene rings is 2. The van der Waals surface area contributed by atoms with Gasteiger partial charge in [0.25, 0.3) is 5.91 Å².